The highest BCUT2D eigenvalue weighted by atomic mass is 16.5. The van der Waals surface area contributed by atoms with Crippen LogP contribution in [-0.2, 0) is 22.4 Å². The molecule has 1 heterocycles. The molecule has 0 aliphatic carbocycles. The Hall–Kier alpha value is -2.53. The number of carbonyl (C=O) groups is 1. The zero-order chi connectivity index (χ0) is 20.1. The van der Waals surface area contributed by atoms with Crippen molar-refractivity contribution in [3.63, 3.8) is 0 Å². The van der Waals surface area contributed by atoms with E-state index in [0.29, 0.717) is 31.1 Å². The third-order valence-corrected chi connectivity index (χ3v) is 5.20. The molecule has 5 heteroatoms. The first-order chi connectivity index (χ1) is 13.4. The molecule has 5 nitrogen and oxygen atoms in total. The Balaban J connectivity index is 1.71. The summed E-state index contributed by atoms with van der Waals surface area (Å²) in [4.78, 5) is 15.1. The Labute approximate surface area is 167 Å². The van der Waals surface area contributed by atoms with E-state index in [0.717, 1.165) is 12.0 Å². The Morgan fingerprint density at radius 1 is 1.07 bits per heavy atom. The minimum atomic E-state index is -0.333. The number of nitrogens with zero attached hydrogens (tertiary/aromatic N) is 1. The van der Waals surface area contributed by atoms with Crippen molar-refractivity contribution in [2.75, 3.05) is 27.4 Å². The van der Waals surface area contributed by atoms with Crippen molar-refractivity contribution in [2.45, 2.75) is 38.3 Å². The number of ether oxygens (including phenoxy) is 3. The smallest absolute Gasteiger partial charge is 0.227 e. The Kier molecular flexibility index (Phi) is 6.25. The highest BCUT2D eigenvalue weighted by Crippen LogP contribution is 2.29. The van der Waals surface area contributed by atoms with Gasteiger partial charge in [-0.3, -0.25) is 4.79 Å². The van der Waals surface area contributed by atoms with Gasteiger partial charge in [-0.2, -0.15) is 0 Å². The van der Waals surface area contributed by atoms with E-state index in [9.17, 15) is 4.79 Å². The first kappa shape index (κ1) is 20.2. The lowest BCUT2D eigenvalue weighted by molar-refractivity contribution is -0.153. The topological polar surface area (TPSA) is 48.0 Å². The number of amides is 1. The molecule has 0 radical (unpaired) electrons. The molecule has 1 aliphatic rings. The van der Waals surface area contributed by atoms with Gasteiger partial charge >= 0.3 is 0 Å². The lowest BCUT2D eigenvalue weighted by atomic mass is 9.97. The predicted molar refractivity (Wildman–Crippen MR) is 109 cm³/mol. The second-order valence-corrected chi connectivity index (χ2v) is 7.81. The maximum Gasteiger partial charge on any atom is 0.227 e. The largest absolute Gasteiger partial charge is 0.493 e. The van der Waals surface area contributed by atoms with Crippen molar-refractivity contribution in [1.29, 1.82) is 0 Å². The molecule has 0 bridgehead atoms. The minimum Gasteiger partial charge on any atom is -0.493 e. The van der Waals surface area contributed by atoms with Gasteiger partial charge in [0, 0.05) is 13.0 Å². The van der Waals surface area contributed by atoms with Crippen LogP contribution in [0, 0.1) is 0 Å². The zero-order valence-corrected chi connectivity index (χ0v) is 17.1. The normalized spacial score (nSPS) is 18.6. The number of carbonyl (C=O) groups excluding carboxylic acids is 1. The molecule has 1 fully saturated rings. The van der Waals surface area contributed by atoms with Gasteiger partial charge in [-0.05, 0) is 37.1 Å². The van der Waals surface area contributed by atoms with E-state index >= 15 is 0 Å². The molecule has 1 atom stereocenters. The monoisotopic (exact) mass is 383 g/mol. The molecular formula is C23H29NO4. The lowest BCUT2D eigenvalue weighted by Gasteiger charge is -2.45. The van der Waals surface area contributed by atoms with E-state index in [1.165, 1.54) is 5.56 Å². The number of morpholine rings is 1. The maximum absolute atomic E-state index is 13.1. The molecular weight excluding hydrogens is 354 g/mol. The molecule has 2 aromatic rings. The number of rotatable bonds is 6. The van der Waals surface area contributed by atoms with Gasteiger partial charge in [0.05, 0.1) is 38.9 Å². The number of hydrogen-bond donors (Lipinski definition) is 0. The van der Waals surface area contributed by atoms with Crippen LogP contribution in [0.1, 0.15) is 25.0 Å². The second-order valence-electron chi connectivity index (χ2n) is 7.81. The van der Waals surface area contributed by atoms with Gasteiger partial charge in [0.25, 0.3) is 0 Å². The van der Waals surface area contributed by atoms with Crippen LogP contribution in [0.2, 0.25) is 0 Å². The van der Waals surface area contributed by atoms with Gasteiger partial charge in [0.1, 0.15) is 0 Å². The van der Waals surface area contributed by atoms with Crippen LogP contribution in [0.25, 0.3) is 0 Å². The van der Waals surface area contributed by atoms with Crippen molar-refractivity contribution < 1.29 is 19.0 Å². The molecule has 0 saturated carbocycles. The average Bonchev–Trinajstić information content (AvgIpc) is 2.69. The zero-order valence-electron chi connectivity index (χ0n) is 17.1. The summed E-state index contributed by atoms with van der Waals surface area (Å²) in [6.45, 7) is 5.23. The first-order valence-corrected chi connectivity index (χ1v) is 9.60. The Morgan fingerprint density at radius 3 is 2.46 bits per heavy atom. The average molecular weight is 383 g/mol. The molecule has 3 rings (SSSR count). The second kappa shape index (κ2) is 8.65. The summed E-state index contributed by atoms with van der Waals surface area (Å²) in [5, 5.41) is 0. The van der Waals surface area contributed by atoms with Gasteiger partial charge in [0.2, 0.25) is 5.91 Å². The van der Waals surface area contributed by atoms with Crippen LogP contribution in [-0.4, -0.2) is 49.8 Å². The third kappa shape index (κ3) is 4.65. The van der Waals surface area contributed by atoms with Crippen LogP contribution >= 0.6 is 0 Å². The van der Waals surface area contributed by atoms with Crippen LogP contribution in [0.3, 0.4) is 0 Å². The summed E-state index contributed by atoms with van der Waals surface area (Å²) < 4.78 is 16.7. The number of methoxy groups -OCH3 is 2. The van der Waals surface area contributed by atoms with Gasteiger partial charge in [-0.15, -0.1) is 0 Å². The van der Waals surface area contributed by atoms with E-state index in [4.69, 9.17) is 14.2 Å². The standard InChI is InChI=1S/C23H29NO4/c1-23(2)16-28-19(12-17-8-6-5-7-9-17)15-24(23)22(25)14-18-10-11-20(26-3)21(13-18)27-4/h5-11,13,19H,12,14-16H2,1-4H3. The number of benzene rings is 2. The number of hydrogen-bond acceptors (Lipinski definition) is 4. The fourth-order valence-corrected chi connectivity index (χ4v) is 3.60. The van der Waals surface area contributed by atoms with Crippen molar-refractivity contribution in [2.24, 2.45) is 0 Å². The first-order valence-electron chi connectivity index (χ1n) is 9.60. The van der Waals surface area contributed by atoms with Crippen LogP contribution in [0.4, 0.5) is 0 Å². The molecule has 1 unspecified atom stereocenters. The highest BCUT2D eigenvalue weighted by molar-refractivity contribution is 5.80. The fraction of sp³-hybridized carbons (Fsp3) is 0.435. The molecule has 1 amide bonds. The summed E-state index contributed by atoms with van der Waals surface area (Å²) in [5.74, 6) is 1.39. The maximum atomic E-state index is 13.1. The fourth-order valence-electron chi connectivity index (χ4n) is 3.60. The predicted octanol–water partition coefficient (Wildman–Crippen LogP) is 3.50. The molecule has 0 aromatic heterocycles. The van der Waals surface area contributed by atoms with Gasteiger partial charge in [0.15, 0.2) is 11.5 Å². The molecule has 1 saturated heterocycles. The quantitative estimate of drug-likeness (QED) is 0.766. The molecule has 2 aromatic carbocycles. The van der Waals surface area contributed by atoms with Crippen molar-refractivity contribution in [3.05, 3.63) is 59.7 Å². The lowest BCUT2D eigenvalue weighted by Crippen LogP contribution is -2.59. The van der Waals surface area contributed by atoms with Gasteiger partial charge in [-0.25, -0.2) is 0 Å². The molecule has 1 aliphatic heterocycles. The molecule has 28 heavy (non-hydrogen) atoms. The third-order valence-electron chi connectivity index (χ3n) is 5.20. The van der Waals surface area contributed by atoms with Crippen molar-refractivity contribution >= 4 is 5.91 Å². The SMILES string of the molecule is COc1ccc(CC(=O)N2CC(Cc3ccccc3)OCC2(C)C)cc1OC. The van der Waals surface area contributed by atoms with E-state index < -0.39 is 0 Å². The summed E-state index contributed by atoms with van der Waals surface area (Å²) >= 11 is 0. The van der Waals surface area contributed by atoms with E-state index in [1.807, 2.05) is 41.3 Å². The van der Waals surface area contributed by atoms with Gasteiger partial charge < -0.3 is 19.1 Å². The molecule has 150 valence electrons. The molecule has 0 N–H and O–H groups in total. The summed E-state index contributed by atoms with van der Waals surface area (Å²) in [6.07, 6.45) is 1.13. The van der Waals surface area contributed by atoms with Crippen molar-refractivity contribution in [1.82, 2.24) is 4.90 Å². The van der Waals surface area contributed by atoms with E-state index in [1.54, 1.807) is 14.2 Å². The van der Waals surface area contributed by atoms with Crippen LogP contribution in [0.5, 0.6) is 11.5 Å². The van der Waals surface area contributed by atoms with Crippen LogP contribution in [0.15, 0.2) is 48.5 Å². The summed E-state index contributed by atoms with van der Waals surface area (Å²) in [6, 6.07) is 15.9. The Bertz CT molecular complexity index is 804. The summed E-state index contributed by atoms with van der Waals surface area (Å²) in [5.41, 5.74) is 1.80. The summed E-state index contributed by atoms with van der Waals surface area (Å²) in [7, 11) is 3.20. The van der Waals surface area contributed by atoms with Crippen molar-refractivity contribution in [3.8, 4) is 11.5 Å². The van der Waals surface area contributed by atoms with Crippen LogP contribution < -0.4 is 9.47 Å². The van der Waals surface area contributed by atoms with E-state index in [-0.39, 0.29) is 17.6 Å². The van der Waals surface area contributed by atoms with Gasteiger partial charge in [-0.1, -0.05) is 36.4 Å². The Morgan fingerprint density at radius 2 is 1.79 bits per heavy atom. The van der Waals surface area contributed by atoms with E-state index in [2.05, 4.69) is 26.0 Å². The minimum absolute atomic E-state index is 0.00442. The highest BCUT2D eigenvalue weighted by Gasteiger charge is 2.37. The molecule has 0 spiro atoms.